The van der Waals surface area contributed by atoms with Crippen LogP contribution in [-0.4, -0.2) is 12.4 Å². The first kappa shape index (κ1) is 20.9. The van der Waals surface area contributed by atoms with E-state index in [1.807, 2.05) is 0 Å². The normalized spacial score (nSPS) is 11.2. The number of carbonyl (C=O) groups is 1. The van der Waals surface area contributed by atoms with Crippen molar-refractivity contribution in [1.29, 1.82) is 0 Å². The molecule has 0 aliphatic heterocycles. The molecule has 0 atom stereocenters. The highest BCUT2D eigenvalue weighted by Gasteiger charge is 2.08. The van der Waals surface area contributed by atoms with Crippen LogP contribution in [0.5, 0.6) is 11.5 Å². The van der Waals surface area contributed by atoms with Crippen molar-refractivity contribution in [3.8, 4) is 11.5 Å². The van der Waals surface area contributed by atoms with Crippen LogP contribution in [0.2, 0.25) is 10.0 Å². The van der Waals surface area contributed by atoms with Crippen LogP contribution >= 0.6 is 23.2 Å². The summed E-state index contributed by atoms with van der Waals surface area (Å²) in [6.07, 6.45) is 2.76. The summed E-state index contributed by atoms with van der Waals surface area (Å²) in [5.41, 5.74) is 0.217. The van der Waals surface area contributed by atoms with Crippen LogP contribution in [0, 0.1) is 0 Å². The summed E-state index contributed by atoms with van der Waals surface area (Å²) in [7, 11) is 0. The molecule has 0 spiro atoms. The zero-order valence-electron chi connectivity index (χ0n) is 14.8. The van der Waals surface area contributed by atoms with E-state index >= 15 is 0 Å². The average molecular weight is 439 g/mol. The van der Waals surface area contributed by atoms with Crippen LogP contribution in [0.1, 0.15) is 21.9 Å². The van der Waals surface area contributed by atoms with E-state index in [9.17, 15) is 13.6 Å². The van der Waals surface area contributed by atoms with Gasteiger partial charge in [0, 0.05) is 11.6 Å². The van der Waals surface area contributed by atoms with E-state index in [0.717, 1.165) is 0 Å². The van der Waals surface area contributed by atoms with Gasteiger partial charge < -0.3 is 13.9 Å². The number of rotatable bonds is 8. The first-order chi connectivity index (χ1) is 13.9. The van der Waals surface area contributed by atoms with Gasteiger partial charge in [-0.3, -0.25) is 4.79 Å². The summed E-state index contributed by atoms with van der Waals surface area (Å²) >= 11 is 11.8. The van der Waals surface area contributed by atoms with E-state index in [2.05, 4.69) is 4.74 Å². The Morgan fingerprint density at radius 2 is 1.86 bits per heavy atom. The van der Waals surface area contributed by atoms with Gasteiger partial charge in [0.05, 0.1) is 10.0 Å². The molecule has 2 aromatic carbocycles. The molecule has 0 unspecified atom stereocenters. The number of furan rings is 1. The van der Waals surface area contributed by atoms with E-state index in [1.165, 1.54) is 36.4 Å². The van der Waals surface area contributed by atoms with E-state index in [-0.39, 0.29) is 23.7 Å². The van der Waals surface area contributed by atoms with Crippen LogP contribution in [0.15, 0.2) is 65.1 Å². The molecule has 150 valence electrons. The summed E-state index contributed by atoms with van der Waals surface area (Å²) in [6, 6.07) is 13.8. The highest BCUT2D eigenvalue weighted by atomic mass is 35.5. The monoisotopic (exact) mass is 438 g/mol. The lowest BCUT2D eigenvalue weighted by Crippen LogP contribution is -2.03. The predicted octanol–water partition coefficient (Wildman–Crippen LogP) is 6.66. The van der Waals surface area contributed by atoms with Crippen molar-refractivity contribution in [2.75, 3.05) is 0 Å². The number of carbonyl (C=O) groups excluding carboxylic acids is 1. The molecule has 3 rings (SSSR count). The largest absolute Gasteiger partial charge is 0.486 e. The average Bonchev–Trinajstić information content (AvgIpc) is 3.14. The molecule has 0 fully saturated rings. The van der Waals surface area contributed by atoms with Gasteiger partial charge in [0.15, 0.2) is 5.78 Å². The van der Waals surface area contributed by atoms with Crippen molar-refractivity contribution in [1.82, 2.24) is 0 Å². The standard InChI is InChI=1S/C21H14Cl2F2O4/c22-18-8-6-15(11-19(18)23)27-12-17-5-4-14(28-17)7-9-20(26)13-2-1-3-16(10-13)29-21(24)25/h1-11,21H,12H2/b9-7+. The lowest BCUT2D eigenvalue weighted by Gasteiger charge is -2.05. The molecular weight excluding hydrogens is 425 g/mol. The number of hydrogen-bond acceptors (Lipinski definition) is 4. The Balaban J connectivity index is 1.59. The fourth-order valence-electron chi connectivity index (χ4n) is 2.36. The molecule has 8 heteroatoms. The maximum Gasteiger partial charge on any atom is 0.387 e. The van der Waals surface area contributed by atoms with Crippen molar-refractivity contribution >= 4 is 35.1 Å². The number of allylic oxidation sites excluding steroid dienone is 1. The van der Waals surface area contributed by atoms with Gasteiger partial charge in [-0.05, 0) is 48.6 Å². The first-order valence-electron chi connectivity index (χ1n) is 8.34. The van der Waals surface area contributed by atoms with Gasteiger partial charge in [0.1, 0.15) is 29.6 Å². The van der Waals surface area contributed by atoms with E-state index in [0.29, 0.717) is 27.3 Å². The zero-order chi connectivity index (χ0) is 20.8. The molecule has 0 aliphatic carbocycles. The Hall–Kier alpha value is -2.83. The van der Waals surface area contributed by atoms with Crippen LogP contribution in [0.3, 0.4) is 0 Å². The predicted molar refractivity (Wildman–Crippen MR) is 106 cm³/mol. The Morgan fingerprint density at radius 1 is 1.03 bits per heavy atom. The second-order valence-electron chi connectivity index (χ2n) is 5.77. The minimum absolute atomic E-state index is 0.0843. The van der Waals surface area contributed by atoms with Crippen molar-refractivity contribution < 1.29 is 27.5 Å². The van der Waals surface area contributed by atoms with Gasteiger partial charge in [0.2, 0.25) is 0 Å². The first-order valence-corrected chi connectivity index (χ1v) is 9.10. The molecule has 0 bridgehead atoms. The third-order valence-electron chi connectivity index (χ3n) is 3.70. The molecule has 0 N–H and O–H groups in total. The van der Waals surface area contributed by atoms with E-state index < -0.39 is 6.61 Å². The molecule has 0 aliphatic rings. The summed E-state index contributed by atoms with van der Waals surface area (Å²) in [4.78, 5) is 12.2. The summed E-state index contributed by atoms with van der Waals surface area (Å²) in [6.45, 7) is -2.80. The fourth-order valence-corrected chi connectivity index (χ4v) is 2.65. The summed E-state index contributed by atoms with van der Waals surface area (Å²) in [5, 5.41) is 0.814. The molecule has 29 heavy (non-hydrogen) atoms. The number of ketones is 1. The number of hydrogen-bond donors (Lipinski definition) is 0. The Bertz CT molecular complexity index is 1030. The van der Waals surface area contributed by atoms with E-state index in [1.54, 1.807) is 30.3 Å². The number of alkyl halides is 2. The van der Waals surface area contributed by atoms with Gasteiger partial charge >= 0.3 is 6.61 Å². The molecule has 0 radical (unpaired) electrons. The number of ether oxygens (including phenoxy) is 2. The van der Waals surface area contributed by atoms with E-state index in [4.69, 9.17) is 32.4 Å². The van der Waals surface area contributed by atoms with Crippen molar-refractivity contribution in [2.24, 2.45) is 0 Å². The molecule has 0 amide bonds. The highest BCUT2D eigenvalue weighted by molar-refractivity contribution is 6.42. The summed E-state index contributed by atoms with van der Waals surface area (Å²) in [5.74, 6) is 1.05. The number of halogens is 4. The maximum absolute atomic E-state index is 12.3. The third kappa shape index (κ3) is 6.07. The second kappa shape index (κ2) is 9.58. The van der Waals surface area contributed by atoms with Crippen LogP contribution in [0.4, 0.5) is 8.78 Å². The van der Waals surface area contributed by atoms with Crippen LogP contribution in [-0.2, 0) is 6.61 Å². The van der Waals surface area contributed by atoms with Crippen LogP contribution < -0.4 is 9.47 Å². The molecule has 1 heterocycles. The molecule has 1 aromatic heterocycles. The third-order valence-corrected chi connectivity index (χ3v) is 4.44. The Labute approximate surface area is 175 Å². The minimum Gasteiger partial charge on any atom is -0.486 e. The molecule has 0 saturated heterocycles. The van der Waals surface area contributed by atoms with Crippen molar-refractivity contribution in [3.05, 3.63) is 87.8 Å². The van der Waals surface area contributed by atoms with Gasteiger partial charge in [-0.15, -0.1) is 0 Å². The fraction of sp³-hybridized carbons (Fsp3) is 0.0952. The molecule has 4 nitrogen and oxygen atoms in total. The lowest BCUT2D eigenvalue weighted by atomic mass is 10.1. The smallest absolute Gasteiger partial charge is 0.387 e. The van der Waals surface area contributed by atoms with Gasteiger partial charge in [-0.25, -0.2) is 0 Å². The zero-order valence-corrected chi connectivity index (χ0v) is 16.3. The topological polar surface area (TPSA) is 48.7 Å². The lowest BCUT2D eigenvalue weighted by molar-refractivity contribution is -0.0498. The molecule has 3 aromatic rings. The number of benzene rings is 2. The van der Waals surface area contributed by atoms with Gasteiger partial charge in [-0.1, -0.05) is 35.3 Å². The molecular formula is C21H14Cl2F2O4. The Morgan fingerprint density at radius 3 is 2.62 bits per heavy atom. The quantitative estimate of drug-likeness (QED) is 0.291. The van der Waals surface area contributed by atoms with Crippen molar-refractivity contribution in [3.63, 3.8) is 0 Å². The maximum atomic E-state index is 12.3. The second-order valence-corrected chi connectivity index (χ2v) is 6.59. The minimum atomic E-state index is -2.96. The molecule has 0 saturated carbocycles. The summed E-state index contributed by atoms with van der Waals surface area (Å²) < 4.78 is 40.0. The van der Waals surface area contributed by atoms with Crippen LogP contribution in [0.25, 0.3) is 6.08 Å². The Kier molecular flexibility index (Phi) is 6.90. The van der Waals surface area contributed by atoms with Crippen molar-refractivity contribution in [2.45, 2.75) is 13.2 Å². The van der Waals surface area contributed by atoms with Gasteiger partial charge in [0.25, 0.3) is 0 Å². The highest BCUT2D eigenvalue weighted by Crippen LogP contribution is 2.27. The van der Waals surface area contributed by atoms with Gasteiger partial charge in [-0.2, -0.15) is 8.78 Å². The SMILES string of the molecule is O=C(/C=C/c1ccc(COc2ccc(Cl)c(Cl)c2)o1)c1cccc(OC(F)F)c1.